The monoisotopic (exact) mass is 327 g/mol. The molecule has 3 N–H and O–H groups in total. The minimum Gasteiger partial charge on any atom is -0.488 e. The molecule has 24 heavy (non-hydrogen) atoms. The lowest BCUT2D eigenvalue weighted by atomic mass is 10.0. The lowest BCUT2D eigenvalue weighted by Crippen LogP contribution is -2.21. The van der Waals surface area contributed by atoms with Gasteiger partial charge in [-0.25, -0.2) is 0 Å². The molecule has 0 saturated carbocycles. The smallest absolute Gasteiger partial charge is 0.306 e. The van der Waals surface area contributed by atoms with E-state index in [2.05, 4.69) is 0 Å². The van der Waals surface area contributed by atoms with E-state index in [-0.39, 0.29) is 23.5 Å². The minimum atomic E-state index is -1.45. The molecule has 124 valence electrons. The second-order valence-electron chi connectivity index (χ2n) is 5.25. The average molecular weight is 327 g/mol. The molecule has 2 aromatic rings. The van der Waals surface area contributed by atoms with Crippen LogP contribution in [0.3, 0.4) is 0 Å². The largest absolute Gasteiger partial charge is 0.488 e. The Morgan fingerprint density at radius 2 is 1.88 bits per heavy atom. The third-order valence-electron chi connectivity index (χ3n) is 3.45. The van der Waals surface area contributed by atoms with Crippen LogP contribution in [-0.2, 0) is 11.4 Å². The van der Waals surface area contributed by atoms with Crippen molar-refractivity contribution in [1.29, 1.82) is 5.26 Å². The van der Waals surface area contributed by atoms with E-state index in [9.17, 15) is 15.0 Å². The number of aliphatic hydroxyl groups is 2. The van der Waals surface area contributed by atoms with Crippen LogP contribution in [0.2, 0.25) is 0 Å². The molecule has 0 aliphatic rings. The summed E-state index contributed by atoms with van der Waals surface area (Å²) in [6, 6.07) is 15.7. The zero-order chi connectivity index (χ0) is 17.5. The first kappa shape index (κ1) is 17.5. The lowest BCUT2D eigenvalue weighted by molar-refractivity contribution is -0.141. The first-order valence-corrected chi connectivity index (χ1v) is 7.30. The molecule has 0 saturated heterocycles. The summed E-state index contributed by atoms with van der Waals surface area (Å²) in [6.45, 7) is 0.243. The molecule has 0 radical (unpaired) electrons. The van der Waals surface area contributed by atoms with Gasteiger partial charge in [0.1, 0.15) is 24.5 Å². The van der Waals surface area contributed by atoms with Crippen molar-refractivity contribution in [3.05, 3.63) is 65.2 Å². The lowest BCUT2D eigenvalue weighted by Gasteiger charge is -2.18. The van der Waals surface area contributed by atoms with Crippen LogP contribution in [-0.4, -0.2) is 27.4 Å². The van der Waals surface area contributed by atoms with Gasteiger partial charge in [0.05, 0.1) is 18.1 Å². The van der Waals surface area contributed by atoms with E-state index in [1.165, 1.54) is 18.2 Å². The number of carbonyl (C=O) groups is 1. The predicted octanol–water partition coefficient (Wildman–Crippen LogP) is 2.01. The maximum Gasteiger partial charge on any atom is 0.306 e. The third kappa shape index (κ3) is 4.56. The van der Waals surface area contributed by atoms with Gasteiger partial charge in [0, 0.05) is 0 Å². The van der Waals surface area contributed by atoms with E-state index in [0.29, 0.717) is 0 Å². The molecular formula is C18H17NO5. The molecule has 2 atom stereocenters. The van der Waals surface area contributed by atoms with Crippen LogP contribution in [0, 0.1) is 11.3 Å². The number of hydrogen-bond acceptors (Lipinski definition) is 5. The topological polar surface area (TPSA) is 111 Å². The summed E-state index contributed by atoms with van der Waals surface area (Å²) in [5, 5.41) is 37.6. The van der Waals surface area contributed by atoms with E-state index < -0.39 is 24.6 Å². The van der Waals surface area contributed by atoms with Gasteiger partial charge in [-0.3, -0.25) is 4.79 Å². The van der Waals surface area contributed by atoms with Gasteiger partial charge in [0.15, 0.2) is 0 Å². The van der Waals surface area contributed by atoms with Crippen molar-refractivity contribution in [3.8, 4) is 11.8 Å². The fraction of sp³-hybridized carbons (Fsp3) is 0.222. The highest BCUT2D eigenvalue weighted by Gasteiger charge is 2.22. The summed E-state index contributed by atoms with van der Waals surface area (Å²) < 4.78 is 5.63. The number of nitrogens with zero attached hydrogens (tertiary/aromatic N) is 1. The van der Waals surface area contributed by atoms with Crippen molar-refractivity contribution < 1.29 is 24.9 Å². The highest BCUT2D eigenvalue weighted by Crippen LogP contribution is 2.27. The molecule has 6 heteroatoms. The van der Waals surface area contributed by atoms with Gasteiger partial charge in [-0.1, -0.05) is 36.4 Å². The van der Waals surface area contributed by atoms with Gasteiger partial charge < -0.3 is 20.1 Å². The van der Waals surface area contributed by atoms with E-state index in [0.717, 1.165) is 5.56 Å². The molecule has 0 amide bonds. The highest BCUT2D eigenvalue weighted by atomic mass is 16.5. The van der Waals surface area contributed by atoms with Crippen LogP contribution in [0.1, 0.15) is 29.2 Å². The second-order valence-corrected chi connectivity index (χ2v) is 5.25. The van der Waals surface area contributed by atoms with E-state index >= 15 is 0 Å². The van der Waals surface area contributed by atoms with E-state index in [1.54, 1.807) is 0 Å². The number of aliphatic hydroxyl groups excluding tert-OH is 2. The van der Waals surface area contributed by atoms with Crippen LogP contribution in [0.4, 0.5) is 0 Å². The standard InChI is InChI=1S/C18H17NO5/c19-10-14-7-6-13(18(23)15(20)9-17(21)22)8-16(14)24-11-12-4-2-1-3-5-12/h1-8,15,18,20,23H,9,11H2,(H,21,22). The number of aliphatic carboxylic acids is 1. The number of carboxylic acid groups (broad SMARTS) is 1. The number of benzene rings is 2. The first-order chi connectivity index (χ1) is 11.5. The first-order valence-electron chi connectivity index (χ1n) is 7.30. The van der Waals surface area contributed by atoms with Gasteiger partial charge in [-0.15, -0.1) is 0 Å². The van der Waals surface area contributed by atoms with Gasteiger partial charge in [-0.2, -0.15) is 5.26 Å². The number of hydrogen-bond donors (Lipinski definition) is 3. The van der Waals surface area contributed by atoms with Crippen molar-refractivity contribution in [2.45, 2.75) is 25.2 Å². The second kappa shape index (κ2) is 8.11. The van der Waals surface area contributed by atoms with Crippen LogP contribution in [0.5, 0.6) is 5.75 Å². The zero-order valence-electron chi connectivity index (χ0n) is 12.8. The number of nitriles is 1. The number of carboxylic acids is 1. The van der Waals surface area contributed by atoms with Crippen molar-refractivity contribution in [1.82, 2.24) is 0 Å². The number of ether oxygens (including phenoxy) is 1. The quantitative estimate of drug-likeness (QED) is 0.717. The summed E-state index contributed by atoms with van der Waals surface area (Å²) in [6.07, 6.45) is -3.41. The molecular weight excluding hydrogens is 310 g/mol. The number of rotatable bonds is 7. The maximum absolute atomic E-state index is 10.6. The van der Waals surface area contributed by atoms with Crippen molar-refractivity contribution in [3.63, 3.8) is 0 Å². The van der Waals surface area contributed by atoms with Crippen molar-refractivity contribution >= 4 is 5.97 Å². The van der Waals surface area contributed by atoms with Gasteiger partial charge in [-0.05, 0) is 23.3 Å². The molecule has 0 heterocycles. The molecule has 0 aromatic heterocycles. The Morgan fingerprint density at radius 3 is 2.50 bits per heavy atom. The zero-order valence-corrected chi connectivity index (χ0v) is 12.8. The summed E-state index contributed by atoms with van der Waals surface area (Å²) in [4.78, 5) is 10.6. The molecule has 0 aliphatic heterocycles. The van der Waals surface area contributed by atoms with Gasteiger partial charge >= 0.3 is 5.97 Å². The van der Waals surface area contributed by atoms with Gasteiger partial charge in [0.2, 0.25) is 0 Å². The van der Waals surface area contributed by atoms with Crippen molar-refractivity contribution in [2.24, 2.45) is 0 Å². The molecule has 2 unspecified atom stereocenters. The normalized spacial score (nSPS) is 12.9. The third-order valence-corrected chi connectivity index (χ3v) is 3.45. The molecule has 2 aromatic carbocycles. The average Bonchev–Trinajstić information content (AvgIpc) is 2.59. The Balaban J connectivity index is 2.18. The highest BCUT2D eigenvalue weighted by molar-refractivity contribution is 5.67. The van der Waals surface area contributed by atoms with Crippen LogP contribution >= 0.6 is 0 Å². The summed E-state index contributed by atoms with van der Waals surface area (Å²) in [7, 11) is 0. The molecule has 6 nitrogen and oxygen atoms in total. The molecule has 2 rings (SSSR count). The molecule has 0 spiro atoms. The summed E-state index contributed by atoms with van der Waals surface area (Å²) >= 11 is 0. The fourth-order valence-corrected chi connectivity index (χ4v) is 2.18. The van der Waals surface area contributed by atoms with Gasteiger partial charge in [0.25, 0.3) is 0 Å². The fourth-order valence-electron chi connectivity index (χ4n) is 2.18. The Labute approximate surface area is 139 Å². The predicted molar refractivity (Wildman–Crippen MR) is 85.2 cm³/mol. The minimum absolute atomic E-state index is 0.243. The molecule has 0 fully saturated rings. The summed E-state index contributed by atoms with van der Waals surface area (Å²) in [5.41, 5.74) is 1.48. The van der Waals surface area contributed by atoms with E-state index in [4.69, 9.17) is 15.1 Å². The van der Waals surface area contributed by atoms with Crippen molar-refractivity contribution in [2.75, 3.05) is 0 Å². The molecule has 0 aliphatic carbocycles. The Hall–Kier alpha value is -2.88. The SMILES string of the molecule is N#Cc1ccc(C(O)C(O)CC(=O)O)cc1OCc1ccccc1. The van der Waals surface area contributed by atoms with Crippen LogP contribution < -0.4 is 4.74 Å². The Bertz CT molecular complexity index is 739. The van der Waals surface area contributed by atoms with Crippen LogP contribution in [0.15, 0.2) is 48.5 Å². The molecule has 0 bridgehead atoms. The Morgan fingerprint density at radius 1 is 1.17 bits per heavy atom. The Kier molecular flexibility index (Phi) is 5.90. The van der Waals surface area contributed by atoms with Crippen LogP contribution in [0.25, 0.3) is 0 Å². The van der Waals surface area contributed by atoms with E-state index in [1.807, 2.05) is 36.4 Å². The maximum atomic E-state index is 10.6. The summed E-state index contributed by atoms with van der Waals surface area (Å²) in [5.74, 6) is -0.948.